The molecule has 10 nitrogen and oxygen atoms in total. The minimum atomic E-state index is -0.467. The summed E-state index contributed by atoms with van der Waals surface area (Å²) in [5.41, 5.74) is 2.40. The molecule has 3 aromatic rings. The molecule has 0 fully saturated rings. The van der Waals surface area contributed by atoms with E-state index >= 15 is 0 Å². The number of aryl methyl sites for hydroxylation is 2. The van der Waals surface area contributed by atoms with Crippen LogP contribution < -0.4 is 5.32 Å². The van der Waals surface area contributed by atoms with Crippen LogP contribution in [0.25, 0.3) is 16.9 Å². The molecule has 10 heteroatoms. The van der Waals surface area contributed by atoms with Gasteiger partial charge in [0, 0.05) is 32.7 Å². The fourth-order valence-corrected chi connectivity index (χ4v) is 3.33. The molecular weight excluding hydrogens is 370 g/mol. The number of hydrogen-bond acceptors (Lipinski definition) is 7. The van der Waals surface area contributed by atoms with Crippen molar-refractivity contribution in [1.82, 2.24) is 29.5 Å². The largest absolute Gasteiger partial charge is 0.323 e. The first-order valence-corrected chi connectivity index (χ1v) is 9.31. The second kappa shape index (κ2) is 7.09. The third kappa shape index (κ3) is 3.47. The number of hydrogen-bond donors (Lipinski definition) is 1. The van der Waals surface area contributed by atoms with Crippen LogP contribution in [-0.2, 0) is 11.8 Å². The van der Waals surface area contributed by atoms with Crippen LogP contribution in [0.1, 0.15) is 37.1 Å². The fourth-order valence-electron chi connectivity index (χ4n) is 3.33. The Morgan fingerprint density at radius 3 is 2.79 bits per heavy atom. The summed E-state index contributed by atoms with van der Waals surface area (Å²) in [6.45, 7) is 3.74. The molecule has 0 bridgehead atoms. The van der Waals surface area contributed by atoms with Crippen LogP contribution in [0.5, 0.6) is 0 Å². The molecule has 0 unspecified atom stereocenters. The molecule has 3 aromatic heterocycles. The Balaban J connectivity index is 1.52. The van der Waals surface area contributed by atoms with E-state index in [4.69, 9.17) is 6.42 Å². The number of nitrogens with one attached hydrogen (secondary N) is 1. The average Bonchev–Trinajstić information content (AvgIpc) is 3.32. The summed E-state index contributed by atoms with van der Waals surface area (Å²) in [4.78, 5) is 21.1. The number of nitrogens with zero attached hydrogens (tertiary/aromatic N) is 8. The minimum absolute atomic E-state index is 0.109. The number of carbonyl (C=O) groups excluding carboxylic acids is 1. The third-order valence-corrected chi connectivity index (χ3v) is 5.07. The summed E-state index contributed by atoms with van der Waals surface area (Å²) in [7, 11) is 1.82. The van der Waals surface area contributed by atoms with E-state index in [9.17, 15) is 4.79 Å². The standard InChI is InChI=1S/C19H21N9O/c1-5-6-8-19(25-26-19)9-7-15(29)23-16-12(2)24-28(13(16)3)18-14-10-22-27(4)17(14)20-11-21-18/h1,10-11H,6-9H2,2-4H3,(H,23,29). The minimum Gasteiger partial charge on any atom is -0.323 e. The van der Waals surface area contributed by atoms with Crippen LogP contribution in [0, 0.1) is 26.2 Å². The Kier molecular flexibility index (Phi) is 4.58. The van der Waals surface area contributed by atoms with Crippen LogP contribution in [0.15, 0.2) is 22.8 Å². The first kappa shape index (κ1) is 18.7. The lowest BCUT2D eigenvalue weighted by atomic mass is 10.0. The van der Waals surface area contributed by atoms with E-state index in [1.807, 2.05) is 20.9 Å². The van der Waals surface area contributed by atoms with Crippen LogP contribution in [0.3, 0.4) is 0 Å². The molecular formula is C19H21N9O. The van der Waals surface area contributed by atoms with E-state index in [-0.39, 0.29) is 5.91 Å². The Morgan fingerprint density at radius 2 is 2.07 bits per heavy atom. The van der Waals surface area contributed by atoms with Gasteiger partial charge >= 0.3 is 0 Å². The second-order valence-electron chi connectivity index (χ2n) is 7.10. The highest BCUT2D eigenvalue weighted by Gasteiger charge is 2.39. The summed E-state index contributed by atoms with van der Waals surface area (Å²) < 4.78 is 3.38. The van der Waals surface area contributed by atoms with E-state index in [0.717, 1.165) is 11.1 Å². The summed E-state index contributed by atoms with van der Waals surface area (Å²) >= 11 is 0. The molecule has 1 aliphatic rings. The molecule has 0 atom stereocenters. The number of rotatable bonds is 7. The molecule has 4 rings (SSSR count). The van der Waals surface area contributed by atoms with Crippen molar-refractivity contribution in [3.8, 4) is 18.2 Å². The summed E-state index contributed by atoms with van der Waals surface area (Å²) in [5, 5.41) is 20.7. The van der Waals surface area contributed by atoms with Gasteiger partial charge in [-0.25, -0.2) is 14.6 Å². The normalized spacial score (nSPS) is 14.1. The van der Waals surface area contributed by atoms with Gasteiger partial charge in [0.2, 0.25) is 5.91 Å². The lowest BCUT2D eigenvalue weighted by Gasteiger charge is -2.10. The second-order valence-corrected chi connectivity index (χ2v) is 7.10. The van der Waals surface area contributed by atoms with Gasteiger partial charge in [-0.2, -0.15) is 20.4 Å². The van der Waals surface area contributed by atoms with Crippen molar-refractivity contribution in [3.63, 3.8) is 0 Å². The maximum absolute atomic E-state index is 12.5. The van der Waals surface area contributed by atoms with E-state index in [2.05, 4.69) is 41.6 Å². The molecule has 0 spiro atoms. The number of aromatic nitrogens is 6. The van der Waals surface area contributed by atoms with Crippen molar-refractivity contribution < 1.29 is 4.79 Å². The first-order valence-electron chi connectivity index (χ1n) is 9.31. The van der Waals surface area contributed by atoms with Gasteiger partial charge in [0.05, 0.1) is 28.7 Å². The third-order valence-electron chi connectivity index (χ3n) is 5.07. The van der Waals surface area contributed by atoms with E-state index < -0.39 is 5.66 Å². The topological polar surface area (TPSA) is 115 Å². The smallest absolute Gasteiger partial charge is 0.224 e. The van der Waals surface area contributed by atoms with Gasteiger partial charge in [0.15, 0.2) is 17.1 Å². The number of amides is 1. The molecule has 0 aliphatic carbocycles. The highest BCUT2D eigenvalue weighted by molar-refractivity contribution is 5.92. The lowest BCUT2D eigenvalue weighted by molar-refractivity contribution is -0.116. The first-order chi connectivity index (χ1) is 13.9. The maximum atomic E-state index is 12.5. The number of fused-ring (bicyclic) bond motifs is 1. The number of terminal acetylenes is 1. The molecule has 0 radical (unpaired) electrons. The zero-order chi connectivity index (χ0) is 20.6. The monoisotopic (exact) mass is 391 g/mol. The van der Waals surface area contributed by atoms with Crippen molar-refractivity contribution in [1.29, 1.82) is 0 Å². The van der Waals surface area contributed by atoms with Gasteiger partial charge in [0.1, 0.15) is 6.33 Å². The number of carbonyl (C=O) groups is 1. The van der Waals surface area contributed by atoms with Crippen molar-refractivity contribution >= 4 is 22.6 Å². The predicted octanol–water partition coefficient (Wildman–Crippen LogP) is 2.46. The summed E-state index contributed by atoms with van der Waals surface area (Å²) in [6, 6.07) is 0. The molecule has 1 N–H and O–H groups in total. The SMILES string of the molecule is C#CCCC1(CCC(=O)Nc2c(C)nn(-c3ncnc4c3cnn4C)c2C)N=N1. The van der Waals surface area contributed by atoms with E-state index in [1.165, 1.54) is 6.33 Å². The zero-order valence-corrected chi connectivity index (χ0v) is 16.5. The fraction of sp³-hybridized carbons (Fsp3) is 0.421. The Labute approximate surface area is 167 Å². The highest BCUT2D eigenvalue weighted by Crippen LogP contribution is 2.37. The van der Waals surface area contributed by atoms with Crippen LogP contribution in [0.2, 0.25) is 0 Å². The summed E-state index contributed by atoms with van der Waals surface area (Å²) in [5.74, 6) is 3.10. The Morgan fingerprint density at radius 1 is 1.28 bits per heavy atom. The lowest BCUT2D eigenvalue weighted by Crippen LogP contribution is -2.18. The quantitative estimate of drug-likeness (QED) is 0.621. The van der Waals surface area contributed by atoms with Gasteiger partial charge in [-0.1, -0.05) is 0 Å². The molecule has 29 heavy (non-hydrogen) atoms. The van der Waals surface area contributed by atoms with Crippen LogP contribution in [-0.4, -0.2) is 41.1 Å². The molecule has 0 aromatic carbocycles. The number of anilines is 1. The highest BCUT2D eigenvalue weighted by atomic mass is 16.1. The van der Waals surface area contributed by atoms with Gasteiger partial charge in [0.25, 0.3) is 0 Å². The van der Waals surface area contributed by atoms with Crippen LogP contribution >= 0.6 is 0 Å². The Hall–Kier alpha value is -3.61. The van der Waals surface area contributed by atoms with Gasteiger partial charge in [-0.3, -0.25) is 9.48 Å². The van der Waals surface area contributed by atoms with Crippen molar-refractivity contribution in [2.24, 2.45) is 17.3 Å². The van der Waals surface area contributed by atoms with Crippen molar-refractivity contribution in [2.45, 2.75) is 45.2 Å². The van der Waals surface area contributed by atoms with Crippen LogP contribution in [0.4, 0.5) is 5.69 Å². The van der Waals surface area contributed by atoms with Crippen molar-refractivity contribution in [3.05, 3.63) is 23.9 Å². The van der Waals surface area contributed by atoms with Crippen molar-refractivity contribution in [2.75, 3.05) is 5.32 Å². The molecule has 0 saturated heterocycles. The molecule has 4 heterocycles. The predicted molar refractivity (Wildman–Crippen MR) is 106 cm³/mol. The summed E-state index contributed by atoms with van der Waals surface area (Å²) in [6.07, 6.45) is 10.6. The van der Waals surface area contributed by atoms with Gasteiger partial charge in [-0.05, 0) is 13.8 Å². The van der Waals surface area contributed by atoms with E-state index in [1.54, 1.807) is 15.6 Å². The molecule has 1 aliphatic heterocycles. The zero-order valence-electron chi connectivity index (χ0n) is 16.5. The molecule has 148 valence electrons. The van der Waals surface area contributed by atoms with Gasteiger partial charge < -0.3 is 5.32 Å². The molecule has 1 amide bonds. The van der Waals surface area contributed by atoms with E-state index in [0.29, 0.717) is 48.5 Å². The average molecular weight is 391 g/mol. The van der Waals surface area contributed by atoms with Gasteiger partial charge in [-0.15, -0.1) is 12.3 Å². The Bertz CT molecular complexity index is 1160. The molecule has 0 saturated carbocycles. The maximum Gasteiger partial charge on any atom is 0.224 e.